The van der Waals surface area contributed by atoms with Crippen molar-refractivity contribution in [3.05, 3.63) is 45.2 Å². The molecule has 132 valence electrons. The first-order valence-corrected chi connectivity index (χ1v) is 8.71. The van der Waals surface area contributed by atoms with E-state index in [0.29, 0.717) is 42.9 Å². The number of halogens is 1. The number of rotatable bonds is 3. The quantitative estimate of drug-likeness (QED) is 0.907. The molecule has 0 spiro atoms. The number of aromatic nitrogens is 1. The minimum atomic E-state index is -0.333. The molecule has 1 aliphatic rings. The lowest BCUT2D eigenvalue weighted by Crippen LogP contribution is -2.43. The van der Waals surface area contributed by atoms with Gasteiger partial charge in [-0.3, -0.25) is 14.4 Å². The summed E-state index contributed by atoms with van der Waals surface area (Å²) in [5.41, 5.74) is 5.90. The maximum absolute atomic E-state index is 12.9. The van der Waals surface area contributed by atoms with E-state index in [2.05, 4.69) is 0 Å². The number of piperidine rings is 1. The van der Waals surface area contributed by atoms with Crippen LogP contribution in [0.2, 0.25) is 5.02 Å². The predicted molar refractivity (Wildman–Crippen MR) is 96.7 cm³/mol. The SMILES string of the molecule is CCn1cc(C(=O)N2CCC(C(N)=O)CC2)c(=O)c2cc(Cl)ccc21. The van der Waals surface area contributed by atoms with Crippen molar-refractivity contribution < 1.29 is 9.59 Å². The van der Waals surface area contributed by atoms with Crippen LogP contribution in [0.25, 0.3) is 10.9 Å². The fourth-order valence-corrected chi connectivity index (χ4v) is 3.49. The molecular formula is C18H20ClN3O3. The van der Waals surface area contributed by atoms with Crippen LogP contribution in [0.4, 0.5) is 0 Å². The van der Waals surface area contributed by atoms with Gasteiger partial charge in [0.2, 0.25) is 11.3 Å². The summed E-state index contributed by atoms with van der Waals surface area (Å²) in [6, 6.07) is 5.11. The van der Waals surface area contributed by atoms with Crippen molar-refractivity contribution in [2.24, 2.45) is 11.7 Å². The van der Waals surface area contributed by atoms with Gasteiger partial charge in [0.05, 0.1) is 5.52 Å². The van der Waals surface area contributed by atoms with Crippen LogP contribution in [0.15, 0.2) is 29.2 Å². The summed E-state index contributed by atoms with van der Waals surface area (Å²) in [5, 5.41) is 0.895. The first kappa shape index (κ1) is 17.5. The lowest BCUT2D eigenvalue weighted by molar-refractivity contribution is -0.123. The van der Waals surface area contributed by atoms with Gasteiger partial charge < -0.3 is 15.2 Å². The zero-order chi connectivity index (χ0) is 18.1. The van der Waals surface area contributed by atoms with E-state index in [0.717, 1.165) is 5.52 Å². The third-order valence-electron chi connectivity index (χ3n) is 4.80. The molecule has 1 aliphatic heterocycles. The van der Waals surface area contributed by atoms with Gasteiger partial charge >= 0.3 is 0 Å². The molecule has 0 bridgehead atoms. The van der Waals surface area contributed by atoms with Gasteiger partial charge in [-0.05, 0) is 38.0 Å². The predicted octanol–water partition coefficient (Wildman–Crippen LogP) is 2.01. The second kappa shape index (κ2) is 6.88. The Hall–Kier alpha value is -2.34. The van der Waals surface area contributed by atoms with Gasteiger partial charge in [0, 0.05) is 42.2 Å². The minimum Gasteiger partial charge on any atom is -0.369 e. The Balaban J connectivity index is 1.98. The summed E-state index contributed by atoms with van der Waals surface area (Å²) in [5.74, 6) is -0.843. The molecule has 1 fully saturated rings. The third-order valence-corrected chi connectivity index (χ3v) is 5.03. The number of hydrogen-bond donors (Lipinski definition) is 1. The van der Waals surface area contributed by atoms with Crippen LogP contribution >= 0.6 is 11.6 Å². The molecular weight excluding hydrogens is 342 g/mol. The molecule has 1 aromatic carbocycles. The van der Waals surface area contributed by atoms with Gasteiger partial charge in [0.1, 0.15) is 5.56 Å². The van der Waals surface area contributed by atoms with Crippen molar-refractivity contribution in [2.45, 2.75) is 26.3 Å². The summed E-state index contributed by atoms with van der Waals surface area (Å²) < 4.78 is 1.87. The Kier molecular flexibility index (Phi) is 4.81. The fraction of sp³-hybridized carbons (Fsp3) is 0.389. The lowest BCUT2D eigenvalue weighted by Gasteiger charge is -2.30. The summed E-state index contributed by atoms with van der Waals surface area (Å²) in [4.78, 5) is 38.6. The van der Waals surface area contributed by atoms with E-state index in [1.54, 1.807) is 29.3 Å². The van der Waals surface area contributed by atoms with Crippen LogP contribution in [0, 0.1) is 5.92 Å². The molecule has 0 saturated carbocycles. The van der Waals surface area contributed by atoms with E-state index in [1.807, 2.05) is 11.5 Å². The van der Waals surface area contributed by atoms with Crippen LogP contribution in [0.1, 0.15) is 30.1 Å². The maximum Gasteiger partial charge on any atom is 0.259 e. The number of amides is 2. The molecule has 0 aliphatic carbocycles. The second-order valence-corrected chi connectivity index (χ2v) is 6.72. The topological polar surface area (TPSA) is 85.4 Å². The van der Waals surface area contributed by atoms with Gasteiger partial charge in [-0.15, -0.1) is 0 Å². The fourth-order valence-electron chi connectivity index (χ4n) is 3.32. The van der Waals surface area contributed by atoms with Gasteiger partial charge in [0.25, 0.3) is 5.91 Å². The Morgan fingerprint density at radius 1 is 1.28 bits per heavy atom. The Bertz CT molecular complexity index is 898. The number of likely N-dealkylation sites (tertiary alicyclic amines) is 1. The Labute approximate surface area is 150 Å². The monoisotopic (exact) mass is 361 g/mol. The highest BCUT2D eigenvalue weighted by molar-refractivity contribution is 6.31. The van der Waals surface area contributed by atoms with Crippen molar-refractivity contribution in [1.82, 2.24) is 9.47 Å². The molecule has 0 unspecified atom stereocenters. The molecule has 3 rings (SSSR count). The number of carbonyl (C=O) groups excluding carboxylic acids is 2. The molecule has 1 aromatic heterocycles. The molecule has 25 heavy (non-hydrogen) atoms. The number of aryl methyl sites for hydroxylation is 1. The summed E-state index contributed by atoms with van der Waals surface area (Å²) in [6.45, 7) is 3.42. The maximum atomic E-state index is 12.9. The number of fused-ring (bicyclic) bond motifs is 1. The van der Waals surface area contributed by atoms with E-state index in [-0.39, 0.29) is 28.7 Å². The molecule has 0 atom stereocenters. The van der Waals surface area contributed by atoms with Crippen LogP contribution in [-0.2, 0) is 11.3 Å². The average Bonchev–Trinajstić information content (AvgIpc) is 2.62. The number of hydrogen-bond acceptors (Lipinski definition) is 3. The normalized spacial score (nSPS) is 15.5. The number of nitrogens with zero attached hydrogens (tertiary/aromatic N) is 2. The molecule has 6 nitrogen and oxygen atoms in total. The summed E-state index contributed by atoms with van der Waals surface area (Å²) in [6.07, 6.45) is 2.67. The molecule has 1 saturated heterocycles. The molecule has 2 N–H and O–H groups in total. The van der Waals surface area contributed by atoms with Gasteiger partial charge in [-0.25, -0.2) is 0 Å². The van der Waals surface area contributed by atoms with E-state index >= 15 is 0 Å². The number of carbonyl (C=O) groups is 2. The van der Waals surface area contributed by atoms with Crippen molar-refractivity contribution in [3.63, 3.8) is 0 Å². The highest BCUT2D eigenvalue weighted by Crippen LogP contribution is 2.21. The largest absolute Gasteiger partial charge is 0.369 e. The van der Waals surface area contributed by atoms with Crippen molar-refractivity contribution in [1.29, 1.82) is 0 Å². The zero-order valence-corrected chi connectivity index (χ0v) is 14.8. The summed E-state index contributed by atoms with van der Waals surface area (Å²) >= 11 is 6.03. The lowest BCUT2D eigenvalue weighted by atomic mass is 9.96. The van der Waals surface area contributed by atoms with E-state index in [1.165, 1.54) is 0 Å². The van der Waals surface area contributed by atoms with Gasteiger partial charge in [0.15, 0.2) is 0 Å². The summed E-state index contributed by atoms with van der Waals surface area (Å²) in [7, 11) is 0. The highest BCUT2D eigenvalue weighted by Gasteiger charge is 2.28. The van der Waals surface area contributed by atoms with Crippen LogP contribution in [0.3, 0.4) is 0 Å². The minimum absolute atomic E-state index is 0.133. The van der Waals surface area contributed by atoms with E-state index < -0.39 is 0 Å². The van der Waals surface area contributed by atoms with Crippen molar-refractivity contribution in [2.75, 3.05) is 13.1 Å². The smallest absolute Gasteiger partial charge is 0.259 e. The number of benzene rings is 1. The van der Waals surface area contributed by atoms with Crippen LogP contribution in [0.5, 0.6) is 0 Å². The van der Waals surface area contributed by atoms with E-state index in [9.17, 15) is 14.4 Å². The number of pyridine rings is 1. The van der Waals surface area contributed by atoms with Crippen molar-refractivity contribution >= 4 is 34.3 Å². The molecule has 0 radical (unpaired) electrons. The Morgan fingerprint density at radius 2 is 1.96 bits per heavy atom. The van der Waals surface area contributed by atoms with Gasteiger partial charge in [-0.1, -0.05) is 11.6 Å². The first-order chi connectivity index (χ1) is 11.9. The van der Waals surface area contributed by atoms with E-state index in [4.69, 9.17) is 17.3 Å². The molecule has 7 heteroatoms. The standard InChI is InChI=1S/C18H20ClN3O3/c1-2-21-10-14(16(23)13-9-12(19)3-4-15(13)21)18(25)22-7-5-11(6-8-22)17(20)24/h3-4,9-11H,2,5-8H2,1H3,(H2,20,24). The van der Waals surface area contributed by atoms with Gasteiger partial charge in [-0.2, -0.15) is 0 Å². The average molecular weight is 362 g/mol. The molecule has 2 aromatic rings. The highest BCUT2D eigenvalue weighted by atomic mass is 35.5. The first-order valence-electron chi connectivity index (χ1n) is 8.33. The molecule has 2 heterocycles. The number of primary amides is 1. The molecule has 2 amide bonds. The second-order valence-electron chi connectivity index (χ2n) is 6.29. The van der Waals surface area contributed by atoms with Crippen LogP contribution in [-0.4, -0.2) is 34.4 Å². The number of nitrogens with two attached hydrogens (primary N) is 1. The Morgan fingerprint density at radius 3 is 2.56 bits per heavy atom. The van der Waals surface area contributed by atoms with Crippen molar-refractivity contribution in [3.8, 4) is 0 Å². The van der Waals surface area contributed by atoms with Crippen LogP contribution < -0.4 is 11.2 Å². The third kappa shape index (κ3) is 3.26. The zero-order valence-electron chi connectivity index (χ0n) is 14.0.